The van der Waals surface area contributed by atoms with E-state index in [0.29, 0.717) is 18.7 Å². The number of hydrogen-bond donors (Lipinski definition) is 2. The predicted molar refractivity (Wildman–Crippen MR) is 72.5 cm³/mol. The molecule has 1 N–H and O–H groups in total. The Morgan fingerprint density at radius 3 is 2.65 bits per heavy atom. The molecular weight excluding hydrogens is 234 g/mol. The molecular formula is C12H21N3OS. The highest BCUT2D eigenvalue weighted by Gasteiger charge is 2.16. The highest BCUT2D eigenvalue weighted by Crippen LogP contribution is 2.16. The minimum Gasteiger partial charge on any atom is -0.355 e. The highest BCUT2D eigenvalue weighted by atomic mass is 32.1. The normalized spacial score (nSPS) is 10.6. The third-order valence-corrected chi connectivity index (χ3v) is 3.02. The smallest absolute Gasteiger partial charge is 0.224 e. The van der Waals surface area contributed by atoms with Crippen LogP contribution in [0.15, 0.2) is 0 Å². The van der Waals surface area contributed by atoms with Gasteiger partial charge in [-0.15, -0.1) is 0 Å². The van der Waals surface area contributed by atoms with Crippen molar-refractivity contribution in [1.29, 1.82) is 0 Å². The van der Waals surface area contributed by atoms with Crippen molar-refractivity contribution in [2.45, 2.75) is 33.1 Å². The van der Waals surface area contributed by atoms with Crippen molar-refractivity contribution in [3.8, 4) is 0 Å². The summed E-state index contributed by atoms with van der Waals surface area (Å²) in [6, 6.07) is 0. The lowest BCUT2D eigenvalue weighted by Crippen LogP contribution is -2.27. The third-order valence-electron chi connectivity index (χ3n) is 2.80. The van der Waals surface area contributed by atoms with E-state index in [2.05, 4.69) is 36.9 Å². The number of amides is 1. The monoisotopic (exact) mass is 255 g/mol. The van der Waals surface area contributed by atoms with Gasteiger partial charge in [0, 0.05) is 30.6 Å². The summed E-state index contributed by atoms with van der Waals surface area (Å²) in [5, 5.41) is 7.30. The van der Waals surface area contributed by atoms with Crippen molar-refractivity contribution in [3.05, 3.63) is 17.0 Å². The largest absolute Gasteiger partial charge is 0.355 e. The number of nitrogens with one attached hydrogen (secondary N) is 1. The van der Waals surface area contributed by atoms with Crippen molar-refractivity contribution >= 4 is 18.5 Å². The Hall–Kier alpha value is -0.970. The van der Waals surface area contributed by atoms with Crippen molar-refractivity contribution in [3.63, 3.8) is 0 Å². The molecule has 0 aromatic carbocycles. The molecule has 0 bridgehead atoms. The van der Waals surface area contributed by atoms with E-state index >= 15 is 0 Å². The van der Waals surface area contributed by atoms with Gasteiger partial charge in [-0.25, -0.2) is 0 Å². The molecule has 1 amide bonds. The second kappa shape index (κ2) is 6.69. The van der Waals surface area contributed by atoms with Crippen molar-refractivity contribution in [2.24, 2.45) is 7.05 Å². The summed E-state index contributed by atoms with van der Waals surface area (Å²) in [7, 11) is 1.94. The molecule has 0 aliphatic heterocycles. The van der Waals surface area contributed by atoms with E-state index in [9.17, 15) is 4.79 Å². The molecule has 0 atom stereocenters. The van der Waals surface area contributed by atoms with Crippen LogP contribution in [0.1, 0.15) is 30.8 Å². The maximum Gasteiger partial charge on any atom is 0.224 e. The lowest BCUT2D eigenvalue weighted by molar-refractivity contribution is -0.120. The van der Waals surface area contributed by atoms with Crippen LogP contribution in [0, 0.1) is 0 Å². The molecule has 5 heteroatoms. The summed E-state index contributed by atoms with van der Waals surface area (Å²) in [4.78, 5) is 11.7. The third kappa shape index (κ3) is 3.49. The van der Waals surface area contributed by atoms with Gasteiger partial charge in [-0.1, -0.05) is 13.8 Å². The van der Waals surface area contributed by atoms with E-state index < -0.39 is 0 Å². The van der Waals surface area contributed by atoms with Gasteiger partial charge in [0.05, 0.1) is 12.1 Å². The van der Waals surface area contributed by atoms with E-state index in [1.165, 1.54) is 0 Å². The van der Waals surface area contributed by atoms with Gasteiger partial charge in [0.25, 0.3) is 0 Å². The van der Waals surface area contributed by atoms with E-state index in [-0.39, 0.29) is 5.91 Å². The lowest BCUT2D eigenvalue weighted by Gasteiger charge is -2.05. The number of carbonyl (C=O) groups excluding carboxylic acids is 1. The molecule has 0 aliphatic carbocycles. The first kappa shape index (κ1) is 14.1. The number of rotatable bonds is 6. The molecule has 0 saturated heterocycles. The van der Waals surface area contributed by atoms with Gasteiger partial charge in [0.15, 0.2) is 0 Å². The summed E-state index contributed by atoms with van der Waals surface area (Å²) >= 11 is 4.07. The minimum absolute atomic E-state index is 0.0523. The lowest BCUT2D eigenvalue weighted by atomic mass is 10.1. The molecule has 0 saturated carbocycles. The van der Waals surface area contributed by atoms with Crippen LogP contribution in [0.3, 0.4) is 0 Å². The maximum atomic E-state index is 11.7. The molecule has 0 fully saturated rings. The molecule has 17 heavy (non-hydrogen) atoms. The fourth-order valence-electron chi connectivity index (χ4n) is 2.01. The first-order valence-electron chi connectivity index (χ1n) is 6.05. The molecule has 0 spiro atoms. The Labute approximate surface area is 108 Å². The van der Waals surface area contributed by atoms with Crippen LogP contribution in [0.5, 0.6) is 0 Å². The standard InChI is InChI=1S/C12H21N3OS/c1-4-10-9(8-12(16)13-6-7-17)11(5-2)15(3)14-10/h17H,4-8H2,1-3H3,(H,13,16). The van der Waals surface area contributed by atoms with Crippen LogP contribution >= 0.6 is 12.6 Å². The summed E-state index contributed by atoms with van der Waals surface area (Å²) in [5.74, 6) is 0.719. The van der Waals surface area contributed by atoms with Crippen LogP contribution in [0.4, 0.5) is 0 Å². The fourth-order valence-corrected chi connectivity index (χ4v) is 2.12. The number of nitrogens with zero attached hydrogens (tertiary/aromatic N) is 2. The average molecular weight is 255 g/mol. The van der Waals surface area contributed by atoms with Gasteiger partial charge in [-0.2, -0.15) is 17.7 Å². The summed E-state index contributed by atoms with van der Waals surface area (Å²) < 4.78 is 1.89. The Bertz CT molecular complexity index is 387. The molecule has 0 unspecified atom stereocenters. The topological polar surface area (TPSA) is 46.9 Å². The molecule has 4 nitrogen and oxygen atoms in total. The molecule has 1 heterocycles. The van der Waals surface area contributed by atoms with Crippen LogP contribution in [-0.2, 0) is 31.1 Å². The Morgan fingerprint density at radius 1 is 1.41 bits per heavy atom. The average Bonchev–Trinajstić information content (AvgIpc) is 2.62. The van der Waals surface area contributed by atoms with Gasteiger partial charge in [0.1, 0.15) is 0 Å². The Morgan fingerprint density at radius 2 is 2.12 bits per heavy atom. The zero-order valence-corrected chi connectivity index (χ0v) is 11.7. The Kier molecular flexibility index (Phi) is 5.55. The number of hydrogen-bond acceptors (Lipinski definition) is 3. The van der Waals surface area contributed by atoms with E-state index in [1.54, 1.807) is 0 Å². The van der Waals surface area contributed by atoms with E-state index in [1.807, 2.05) is 11.7 Å². The quantitative estimate of drug-likeness (QED) is 0.749. The zero-order valence-electron chi connectivity index (χ0n) is 10.8. The summed E-state index contributed by atoms with van der Waals surface area (Å²) in [5.41, 5.74) is 3.28. The number of aromatic nitrogens is 2. The first-order chi connectivity index (χ1) is 8.13. The van der Waals surface area contributed by atoms with Crippen LogP contribution < -0.4 is 5.32 Å². The van der Waals surface area contributed by atoms with Crippen molar-refractivity contribution < 1.29 is 4.79 Å². The van der Waals surface area contributed by atoms with Gasteiger partial charge in [-0.05, 0) is 12.8 Å². The molecule has 1 aromatic rings. The van der Waals surface area contributed by atoms with E-state index in [0.717, 1.165) is 29.8 Å². The van der Waals surface area contributed by atoms with Gasteiger partial charge in [-0.3, -0.25) is 9.48 Å². The first-order valence-corrected chi connectivity index (χ1v) is 6.68. The maximum absolute atomic E-state index is 11.7. The van der Waals surface area contributed by atoms with Crippen molar-refractivity contribution in [2.75, 3.05) is 12.3 Å². The zero-order chi connectivity index (χ0) is 12.8. The fraction of sp³-hybridized carbons (Fsp3) is 0.667. The van der Waals surface area contributed by atoms with Crippen LogP contribution in [0.2, 0.25) is 0 Å². The highest BCUT2D eigenvalue weighted by molar-refractivity contribution is 7.80. The van der Waals surface area contributed by atoms with Crippen LogP contribution in [-0.4, -0.2) is 28.0 Å². The minimum atomic E-state index is 0.0523. The SMILES string of the molecule is CCc1nn(C)c(CC)c1CC(=O)NCCS. The summed E-state index contributed by atoms with van der Waals surface area (Å²) in [6.45, 7) is 4.77. The van der Waals surface area contributed by atoms with Gasteiger partial charge >= 0.3 is 0 Å². The molecule has 0 radical (unpaired) electrons. The second-order valence-electron chi connectivity index (χ2n) is 3.95. The molecule has 96 valence electrons. The Balaban J connectivity index is 2.84. The van der Waals surface area contributed by atoms with Gasteiger partial charge in [0.2, 0.25) is 5.91 Å². The number of aryl methyl sites for hydroxylation is 2. The summed E-state index contributed by atoms with van der Waals surface area (Å²) in [6.07, 6.45) is 2.19. The van der Waals surface area contributed by atoms with E-state index in [4.69, 9.17) is 0 Å². The van der Waals surface area contributed by atoms with Crippen molar-refractivity contribution in [1.82, 2.24) is 15.1 Å². The predicted octanol–water partition coefficient (Wildman–Crippen LogP) is 1.13. The molecule has 1 aromatic heterocycles. The van der Waals surface area contributed by atoms with Gasteiger partial charge < -0.3 is 5.32 Å². The molecule has 0 aliphatic rings. The molecule has 1 rings (SSSR count). The van der Waals surface area contributed by atoms with Crippen LogP contribution in [0.25, 0.3) is 0 Å². The number of carbonyl (C=O) groups is 1. The number of thiol groups is 1. The second-order valence-corrected chi connectivity index (χ2v) is 4.40.